The Morgan fingerprint density at radius 2 is 1.86 bits per heavy atom. The first kappa shape index (κ1) is 15.6. The average molecular weight is 286 g/mol. The molecule has 1 aromatic heterocycles. The van der Waals surface area contributed by atoms with Gasteiger partial charge in [0.05, 0.1) is 13.1 Å². The highest BCUT2D eigenvalue weighted by atomic mass is 16.3. The lowest BCUT2D eigenvalue weighted by Crippen LogP contribution is -2.17. The summed E-state index contributed by atoms with van der Waals surface area (Å²) in [5.41, 5.74) is 3.85. The molecule has 114 valence electrons. The number of hydrogen-bond donors (Lipinski definition) is 1. The lowest BCUT2D eigenvalue weighted by molar-refractivity contribution is 0.446. The molecule has 0 atom stereocenters. The van der Waals surface area contributed by atoms with Gasteiger partial charge >= 0.3 is 0 Å². The van der Waals surface area contributed by atoms with Crippen LogP contribution in [0.25, 0.3) is 0 Å². The largest absolute Gasteiger partial charge is 0.463 e. The summed E-state index contributed by atoms with van der Waals surface area (Å²) in [7, 11) is 2.11. The zero-order valence-electron chi connectivity index (χ0n) is 13.6. The van der Waals surface area contributed by atoms with Crippen molar-refractivity contribution in [2.24, 2.45) is 0 Å². The van der Waals surface area contributed by atoms with Gasteiger partial charge in [0.25, 0.3) is 0 Å². The molecule has 0 bridgehead atoms. The van der Waals surface area contributed by atoms with E-state index in [4.69, 9.17) is 4.42 Å². The number of anilines is 1. The van der Waals surface area contributed by atoms with E-state index in [2.05, 4.69) is 68.4 Å². The third-order valence-electron chi connectivity index (χ3n) is 3.60. The fraction of sp³-hybridized carbons (Fsp3) is 0.444. The van der Waals surface area contributed by atoms with Crippen LogP contribution in [0.4, 0.5) is 5.69 Å². The highest BCUT2D eigenvalue weighted by Gasteiger charge is 2.08. The van der Waals surface area contributed by atoms with Crippen LogP contribution in [0, 0.1) is 13.8 Å². The van der Waals surface area contributed by atoms with Gasteiger partial charge in [-0.1, -0.05) is 24.6 Å². The average Bonchev–Trinajstić information content (AvgIpc) is 2.86. The second-order valence-electron chi connectivity index (χ2n) is 5.69. The molecule has 0 aliphatic heterocycles. The van der Waals surface area contributed by atoms with Crippen molar-refractivity contribution in [1.29, 1.82) is 0 Å². The standard InChI is InChI=1S/C18H26N2O/c1-5-10-19-12-16-7-8-17(21-16)13-20(4)18-9-6-14(2)11-15(18)3/h6-9,11,19H,5,10,12-13H2,1-4H3. The molecule has 1 heterocycles. The van der Waals surface area contributed by atoms with Crippen LogP contribution in [0.1, 0.15) is 36.0 Å². The van der Waals surface area contributed by atoms with Crippen molar-refractivity contribution in [3.63, 3.8) is 0 Å². The SMILES string of the molecule is CCCNCc1ccc(CN(C)c2ccc(C)cc2C)o1. The highest BCUT2D eigenvalue weighted by Crippen LogP contribution is 2.22. The molecule has 0 spiro atoms. The van der Waals surface area contributed by atoms with Gasteiger partial charge in [0, 0.05) is 12.7 Å². The minimum atomic E-state index is 0.789. The molecule has 3 heteroatoms. The Morgan fingerprint density at radius 1 is 1.10 bits per heavy atom. The first-order valence-electron chi connectivity index (χ1n) is 7.67. The summed E-state index contributed by atoms with van der Waals surface area (Å²) in [6, 6.07) is 10.7. The van der Waals surface area contributed by atoms with E-state index >= 15 is 0 Å². The number of nitrogens with one attached hydrogen (secondary N) is 1. The van der Waals surface area contributed by atoms with E-state index in [1.165, 1.54) is 16.8 Å². The molecule has 0 fully saturated rings. The first-order chi connectivity index (χ1) is 10.1. The lowest BCUT2D eigenvalue weighted by Gasteiger charge is -2.20. The van der Waals surface area contributed by atoms with Crippen molar-refractivity contribution < 1.29 is 4.42 Å². The quantitative estimate of drug-likeness (QED) is 0.779. The Balaban J connectivity index is 1.97. The van der Waals surface area contributed by atoms with Gasteiger partial charge in [-0.2, -0.15) is 0 Å². The maximum atomic E-state index is 5.88. The molecule has 0 saturated carbocycles. The summed E-state index contributed by atoms with van der Waals surface area (Å²) in [5, 5.41) is 3.36. The monoisotopic (exact) mass is 286 g/mol. The molecule has 0 unspecified atom stereocenters. The van der Waals surface area contributed by atoms with Gasteiger partial charge in [0.1, 0.15) is 11.5 Å². The van der Waals surface area contributed by atoms with E-state index < -0.39 is 0 Å². The molecule has 1 N–H and O–H groups in total. The molecule has 3 nitrogen and oxygen atoms in total. The third kappa shape index (κ3) is 4.36. The minimum Gasteiger partial charge on any atom is -0.463 e. The van der Waals surface area contributed by atoms with Crippen molar-refractivity contribution >= 4 is 5.69 Å². The molecule has 2 rings (SSSR count). The molecule has 2 aromatic rings. The molecular weight excluding hydrogens is 260 g/mol. The normalized spacial score (nSPS) is 10.9. The van der Waals surface area contributed by atoms with E-state index in [0.717, 1.165) is 37.6 Å². The fourth-order valence-corrected chi connectivity index (χ4v) is 2.54. The van der Waals surface area contributed by atoms with Crippen LogP contribution < -0.4 is 10.2 Å². The number of furan rings is 1. The van der Waals surface area contributed by atoms with Crippen LogP contribution in [0.15, 0.2) is 34.7 Å². The van der Waals surface area contributed by atoms with Crippen molar-refractivity contribution in [2.45, 2.75) is 40.3 Å². The Morgan fingerprint density at radius 3 is 2.57 bits per heavy atom. The highest BCUT2D eigenvalue weighted by molar-refractivity contribution is 5.53. The topological polar surface area (TPSA) is 28.4 Å². The predicted molar refractivity (Wildman–Crippen MR) is 88.7 cm³/mol. The van der Waals surface area contributed by atoms with E-state index in [1.54, 1.807) is 0 Å². The number of hydrogen-bond acceptors (Lipinski definition) is 3. The number of benzene rings is 1. The van der Waals surface area contributed by atoms with Crippen molar-refractivity contribution in [3.05, 3.63) is 53.0 Å². The number of nitrogens with zero attached hydrogens (tertiary/aromatic N) is 1. The van der Waals surface area contributed by atoms with Gasteiger partial charge in [0.2, 0.25) is 0 Å². The number of rotatable bonds is 7. The third-order valence-corrected chi connectivity index (χ3v) is 3.60. The summed E-state index contributed by atoms with van der Waals surface area (Å²) in [5.74, 6) is 2.01. The van der Waals surface area contributed by atoms with Crippen molar-refractivity contribution in [2.75, 3.05) is 18.5 Å². The maximum absolute atomic E-state index is 5.88. The fourth-order valence-electron chi connectivity index (χ4n) is 2.54. The molecule has 0 aliphatic carbocycles. The predicted octanol–water partition coefficient (Wildman–Crippen LogP) is 4.03. The Kier molecular flexibility index (Phi) is 5.45. The van der Waals surface area contributed by atoms with Crippen LogP contribution in [-0.4, -0.2) is 13.6 Å². The minimum absolute atomic E-state index is 0.789. The van der Waals surface area contributed by atoms with Gasteiger partial charge in [-0.25, -0.2) is 0 Å². The van der Waals surface area contributed by atoms with Crippen molar-refractivity contribution in [1.82, 2.24) is 5.32 Å². The number of aryl methyl sites for hydroxylation is 2. The molecule has 21 heavy (non-hydrogen) atoms. The van der Waals surface area contributed by atoms with Gasteiger partial charge in [0.15, 0.2) is 0 Å². The molecule has 0 saturated heterocycles. The van der Waals surface area contributed by atoms with Crippen molar-refractivity contribution in [3.8, 4) is 0 Å². The summed E-state index contributed by atoms with van der Waals surface area (Å²) in [6.45, 7) is 9.07. The Labute approximate surface area is 128 Å². The zero-order chi connectivity index (χ0) is 15.2. The molecule has 1 aromatic carbocycles. The summed E-state index contributed by atoms with van der Waals surface area (Å²) < 4.78 is 5.88. The van der Waals surface area contributed by atoms with Crippen LogP contribution in [-0.2, 0) is 13.1 Å². The lowest BCUT2D eigenvalue weighted by atomic mass is 10.1. The first-order valence-corrected chi connectivity index (χ1v) is 7.67. The molecule has 0 amide bonds. The van der Waals surface area contributed by atoms with Gasteiger partial charge in [-0.15, -0.1) is 0 Å². The second-order valence-corrected chi connectivity index (χ2v) is 5.69. The van der Waals surface area contributed by atoms with E-state index in [9.17, 15) is 0 Å². The summed E-state index contributed by atoms with van der Waals surface area (Å²) in [4.78, 5) is 2.23. The zero-order valence-corrected chi connectivity index (χ0v) is 13.6. The Bertz CT molecular complexity index is 574. The van der Waals surface area contributed by atoms with Gasteiger partial charge in [-0.3, -0.25) is 0 Å². The summed E-state index contributed by atoms with van der Waals surface area (Å²) >= 11 is 0. The second kappa shape index (κ2) is 7.32. The van der Waals surface area contributed by atoms with E-state index in [1.807, 2.05) is 0 Å². The molecule has 0 radical (unpaired) electrons. The van der Waals surface area contributed by atoms with Gasteiger partial charge < -0.3 is 14.6 Å². The molecular formula is C18H26N2O. The van der Waals surface area contributed by atoms with Crippen LogP contribution in [0.2, 0.25) is 0 Å². The van der Waals surface area contributed by atoms with Crippen LogP contribution in [0.5, 0.6) is 0 Å². The van der Waals surface area contributed by atoms with Gasteiger partial charge in [-0.05, 0) is 50.6 Å². The van der Waals surface area contributed by atoms with E-state index in [0.29, 0.717) is 0 Å². The van der Waals surface area contributed by atoms with Crippen LogP contribution in [0.3, 0.4) is 0 Å². The van der Waals surface area contributed by atoms with E-state index in [-0.39, 0.29) is 0 Å². The summed E-state index contributed by atoms with van der Waals surface area (Å²) in [6.07, 6.45) is 1.14. The molecule has 0 aliphatic rings. The maximum Gasteiger partial charge on any atom is 0.123 e. The van der Waals surface area contributed by atoms with Crippen LogP contribution >= 0.6 is 0 Å². The smallest absolute Gasteiger partial charge is 0.123 e. The Hall–Kier alpha value is -1.74.